The third kappa shape index (κ3) is 4.77. The van der Waals surface area contributed by atoms with Gasteiger partial charge in [-0.3, -0.25) is 0 Å². The lowest BCUT2D eigenvalue weighted by Crippen LogP contribution is -2.33. The lowest BCUT2D eigenvalue weighted by molar-refractivity contribution is -0.165. The van der Waals surface area contributed by atoms with Crippen molar-refractivity contribution in [2.45, 2.75) is 45.1 Å². The SMILES string of the molecule is C[C@@H](COC1CCCCO1)NCc1ccccc1. The fourth-order valence-corrected chi connectivity index (χ4v) is 2.04. The van der Waals surface area contributed by atoms with E-state index in [0.29, 0.717) is 12.6 Å². The van der Waals surface area contributed by atoms with Crippen molar-refractivity contribution in [3.63, 3.8) is 0 Å². The average Bonchev–Trinajstić information content (AvgIpc) is 2.45. The van der Waals surface area contributed by atoms with Crippen molar-refractivity contribution in [1.82, 2.24) is 5.32 Å². The molecular weight excluding hydrogens is 226 g/mol. The van der Waals surface area contributed by atoms with E-state index in [9.17, 15) is 0 Å². The minimum atomic E-state index is 0.0136. The molecule has 3 nitrogen and oxygen atoms in total. The Hall–Kier alpha value is -0.900. The molecule has 100 valence electrons. The first kappa shape index (κ1) is 13.5. The Balaban J connectivity index is 1.61. The molecule has 0 aliphatic carbocycles. The first-order valence-corrected chi connectivity index (χ1v) is 6.85. The van der Waals surface area contributed by atoms with Crippen molar-refractivity contribution in [2.75, 3.05) is 13.2 Å². The minimum absolute atomic E-state index is 0.0136. The van der Waals surface area contributed by atoms with Crippen LogP contribution in [-0.2, 0) is 16.0 Å². The second kappa shape index (κ2) is 7.52. The zero-order chi connectivity index (χ0) is 12.6. The first-order valence-electron chi connectivity index (χ1n) is 6.85. The summed E-state index contributed by atoms with van der Waals surface area (Å²) in [5, 5.41) is 3.46. The van der Waals surface area contributed by atoms with E-state index >= 15 is 0 Å². The third-order valence-electron chi connectivity index (χ3n) is 3.17. The van der Waals surface area contributed by atoms with Gasteiger partial charge in [0.05, 0.1) is 6.61 Å². The predicted octanol–water partition coefficient (Wildman–Crippen LogP) is 2.71. The molecule has 1 aliphatic heterocycles. The van der Waals surface area contributed by atoms with Crippen molar-refractivity contribution >= 4 is 0 Å². The molecule has 3 heteroatoms. The van der Waals surface area contributed by atoms with E-state index < -0.39 is 0 Å². The summed E-state index contributed by atoms with van der Waals surface area (Å²) in [4.78, 5) is 0. The van der Waals surface area contributed by atoms with Crippen molar-refractivity contribution in [2.24, 2.45) is 0 Å². The van der Waals surface area contributed by atoms with E-state index in [1.165, 1.54) is 18.4 Å². The summed E-state index contributed by atoms with van der Waals surface area (Å²) in [7, 11) is 0. The highest BCUT2D eigenvalue weighted by atomic mass is 16.7. The van der Waals surface area contributed by atoms with Crippen LogP contribution in [-0.4, -0.2) is 25.5 Å². The van der Waals surface area contributed by atoms with Gasteiger partial charge in [-0.1, -0.05) is 30.3 Å². The Morgan fingerprint density at radius 2 is 2.17 bits per heavy atom. The monoisotopic (exact) mass is 249 g/mol. The molecule has 0 bridgehead atoms. The van der Waals surface area contributed by atoms with Crippen LogP contribution < -0.4 is 5.32 Å². The fourth-order valence-electron chi connectivity index (χ4n) is 2.04. The first-order chi connectivity index (χ1) is 8.84. The molecule has 1 fully saturated rings. The fraction of sp³-hybridized carbons (Fsp3) is 0.600. The predicted molar refractivity (Wildman–Crippen MR) is 72.3 cm³/mol. The summed E-state index contributed by atoms with van der Waals surface area (Å²) in [6.45, 7) is 4.58. The molecule has 1 unspecified atom stereocenters. The van der Waals surface area contributed by atoms with Gasteiger partial charge in [0.1, 0.15) is 0 Å². The van der Waals surface area contributed by atoms with E-state index in [2.05, 4.69) is 36.5 Å². The van der Waals surface area contributed by atoms with Gasteiger partial charge in [-0.25, -0.2) is 0 Å². The minimum Gasteiger partial charge on any atom is -0.353 e. The molecule has 0 saturated carbocycles. The zero-order valence-electron chi connectivity index (χ0n) is 11.1. The van der Waals surface area contributed by atoms with Crippen molar-refractivity contribution in [3.05, 3.63) is 35.9 Å². The van der Waals surface area contributed by atoms with Gasteiger partial charge < -0.3 is 14.8 Å². The number of ether oxygens (including phenoxy) is 2. The Morgan fingerprint density at radius 3 is 2.89 bits per heavy atom. The molecule has 1 aromatic rings. The standard InChI is InChI=1S/C15H23NO2/c1-13(12-18-15-9-5-6-10-17-15)16-11-14-7-3-2-4-8-14/h2-4,7-8,13,15-16H,5-6,9-12H2,1H3/t13-,15?/m0/s1. The third-order valence-corrected chi connectivity index (χ3v) is 3.17. The summed E-state index contributed by atoms with van der Waals surface area (Å²) in [5.74, 6) is 0. The summed E-state index contributed by atoms with van der Waals surface area (Å²) in [6, 6.07) is 10.8. The maximum Gasteiger partial charge on any atom is 0.157 e. The largest absolute Gasteiger partial charge is 0.353 e. The average molecular weight is 249 g/mol. The molecule has 1 heterocycles. The highest BCUT2D eigenvalue weighted by Gasteiger charge is 2.14. The van der Waals surface area contributed by atoms with E-state index in [0.717, 1.165) is 19.6 Å². The van der Waals surface area contributed by atoms with Gasteiger partial charge >= 0.3 is 0 Å². The van der Waals surface area contributed by atoms with Crippen LogP contribution in [0, 0.1) is 0 Å². The van der Waals surface area contributed by atoms with Crippen LogP contribution in [0.4, 0.5) is 0 Å². The molecule has 2 rings (SSSR count). The van der Waals surface area contributed by atoms with Crippen molar-refractivity contribution < 1.29 is 9.47 Å². The topological polar surface area (TPSA) is 30.5 Å². The molecule has 1 aliphatic rings. The molecule has 0 amide bonds. The lowest BCUT2D eigenvalue weighted by atomic mass is 10.2. The Bertz CT molecular complexity index is 323. The lowest BCUT2D eigenvalue weighted by Gasteiger charge is -2.24. The number of benzene rings is 1. The zero-order valence-corrected chi connectivity index (χ0v) is 11.1. The van der Waals surface area contributed by atoms with Crippen LogP contribution in [0.1, 0.15) is 31.7 Å². The maximum absolute atomic E-state index is 5.75. The molecule has 18 heavy (non-hydrogen) atoms. The molecule has 0 aromatic heterocycles. The van der Waals surface area contributed by atoms with E-state index in [4.69, 9.17) is 9.47 Å². The van der Waals surface area contributed by atoms with Gasteiger partial charge in [0.15, 0.2) is 6.29 Å². The summed E-state index contributed by atoms with van der Waals surface area (Å²) >= 11 is 0. The van der Waals surface area contributed by atoms with Gasteiger partial charge in [0.2, 0.25) is 0 Å². The van der Waals surface area contributed by atoms with Gasteiger partial charge in [-0.2, -0.15) is 0 Å². The molecule has 0 spiro atoms. The highest BCUT2D eigenvalue weighted by Crippen LogP contribution is 2.13. The van der Waals surface area contributed by atoms with E-state index in [1.807, 2.05) is 6.07 Å². The summed E-state index contributed by atoms with van der Waals surface area (Å²) in [6.07, 6.45) is 3.43. The normalized spacial score (nSPS) is 21.7. The van der Waals surface area contributed by atoms with Gasteiger partial charge in [0, 0.05) is 19.2 Å². The van der Waals surface area contributed by atoms with Gasteiger partial charge in [0.25, 0.3) is 0 Å². The number of rotatable bonds is 6. The Morgan fingerprint density at radius 1 is 1.33 bits per heavy atom. The van der Waals surface area contributed by atoms with Crippen molar-refractivity contribution in [1.29, 1.82) is 0 Å². The molecule has 1 N–H and O–H groups in total. The Kier molecular flexibility index (Phi) is 5.65. The van der Waals surface area contributed by atoms with E-state index in [1.54, 1.807) is 0 Å². The van der Waals surface area contributed by atoms with Crippen LogP contribution in [0.25, 0.3) is 0 Å². The molecule has 2 atom stereocenters. The van der Waals surface area contributed by atoms with E-state index in [-0.39, 0.29) is 6.29 Å². The number of hydrogen-bond acceptors (Lipinski definition) is 3. The molecule has 0 radical (unpaired) electrons. The summed E-state index contributed by atoms with van der Waals surface area (Å²) in [5.41, 5.74) is 1.30. The molecular formula is C15H23NO2. The quantitative estimate of drug-likeness (QED) is 0.841. The van der Waals surface area contributed by atoms with Crippen LogP contribution >= 0.6 is 0 Å². The Labute approximate surface area is 109 Å². The maximum atomic E-state index is 5.75. The van der Waals surface area contributed by atoms with Crippen LogP contribution in [0.2, 0.25) is 0 Å². The second-order valence-electron chi connectivity index (χ2n) is 4.90. The second-order valence-corrected chi connectivity index (χ2v) is 4.90. The summed E-state index contributed by atoms with van der Waals surface area (Å²) < 4.78 is 11.3. The molecule has 1 aromatic carbocycles. The van der Waals surface area contributed by atoms with Crippen LogP contribution in [0.15, 0.2) is 30.3 Å². The highest BCUT2D eigenvalue weighted by molar-refractivity contribution is 5.14. The van der Waals surface area contributed by atoms with Gasteiger partial charge in [-0.05, 0) is 31.7 Å². The van der Waals surface area contributed by atoms with Crippen LogP contribution in [0.5, 0.6) is 0 Å². The van der Waals surface area contributed by atoms with Crippen molar-refractivity contribution in [3.8, 4) is 0 Å². The number of hydrogen-bond donors (Lipinski definition) is 1. The van der Waals surface area contributed by atoms with Gasteiger partial charge in [-0.15, -0.1) is 0 Å². The van der Waals surface area contributed by atoms with Crippen LogP contribution in [0.3, 0.4) is 0 Å². The molecule has 1 saturated heterocycles. The smallest absolute Gasteiger partial charge is 0.157 e. The number of nitrogens with one attached hydrogen (secondary N) is 1.